The topological polar surface area (TPSA) is 0 Å². The minimum absolute atomic E-state index is 0. The van der Waals surface area contributed by atoms with Gasteiger partial charge in [0, 0.05) is 0 Å². The molecule has 0 aromatic carbocycles. The SMILES string of the molecule is C1=C[CH-]SC=C1.Cl.Cl.FC1=[C-]CC=C1.[CH-]1CCCCC1.[SiH3].[Zr+3]. The van der Waals surface area contributed by atoms with E-state index in [0.29, 0.717) is 6.42 Å². The maximum Gasteiger partial charge on any atom is 3.00 e. The summed E-state index contributed by atoms with van der Waals surface area (Å²) in [6, 6.07) is 0. The first-order chi connectivity index (χ1) is 8.89. The van der Waals surface area contributed by atoms with Gasteiger partial charge in [-0.3, -0.25) is 0 Å². The van der Waals surface area contributed by atoms with Crippen molar-refractivity contribution in [1.82, 2.24) is 0 Å². The molecule has 0 aromatic rings. The molecule has 6 heteroatoms. The molecular weight excluding hydrogens is 433 g/mol. The monoisotopic (exact) mass is 456 g/mol. The maximum atomic E-state index is 11.6. The van der Waals surface area contributed by atoms with Gasteiger partial charge in [-0.25, -0.2) is 34.4 Å². The van der Waals surface area contributed by atoms with Crippen LogP contribution in [0.1, 0.15) is 38.5 Å². The Balaban J connectivity index is -0.000000101. The largest absolute Gasteiger partial charge is 3.00 e. The summed E-state index contributed by atoms with van der Waals surface area (Å²) < 4.78 is 11.6. The predicted molar refractivity (Wildman–Crippen MR) is 104 cm³/mol. The Bertz CT molecular complexity index is 304. The van der Waals surface area contributed by atoms with Crippen molar-refractivity contribution in [3.05, 3.63) is 59.9 Å². The normalized spacial score (nSPS) is 16.3. The van der Waals surface area contributed by atoms with Gasteiger partial charge in [-0.15, -0.1) is 37.3 Å². The first-order valence-corrected chi connectivity index (χ1v) is 7.39. The van der Waals surface area contributed by atoms with Gasteiger partial charge in [0.2, 0.25) is 0 Å². The summed E-state index contributed by atoms with van der Waals surface area (Å²) in [5.41, 5.74) is 0. The van der Waals surface area contributed by atoms with E-state index in [0.717, 1.165) is 0 Å². The van der Waals surface area contributed by atoms with E-state index in [1.54, 1.807) is 17.8 Å². The fourth-order valence-corrected chi connectivity index (χ4v) is 2.02. The molecule has 0 amide bonds. The minimum Gasteiger partial charge on any atom is -0.328 e. The molecule has 0 nitrogen and oxygen atoms in total. The molecule has 0 atom stereocenters. The van der Waals surface area contributed by atoms with Crippen molar-refractivity contribution in [2.24, 2.45) is 0 Å². The first-order valence-electron chi connectivity index (χ1n) is 6.44. The van der Waals surface area contributed by atoms with Crippen LogP contribution < -0.4 is 0 Å². The van der Waals surface area contributed by atoms with Crippen LogP contribution in [0, 0.1) is 18.2 Å². The van der Waals surface area contributed by atoms with Crippen molar-refractivity contribution in [1.29, 1.82) is 0 Å². The molecule has 0 N–H and O–H groups in total. The fraction of sp³-hybridized carbons (Fsp3) is 0.375. The van der Waals surface area contributed by atoms with Crippen LogP contribution in [-0.4, -0.2) is 11.0 Å². The van der Waals surface area contributed by atoms with E-state index in [2.05, 4.69) is 12.5 Å². The molecule has 0 bridgehead atoms. The number of hydrogen-bond acceptors (Lipinski definition) is 1. The van der Waals surface area contributed by atoms with Crippen LogP contribution in [0.15, 0.2) is 41.6 Å². The average molecular weight is 459 g/mol. The molecule has 1 saturated carbocycles. The zero-order valence-electron chi connectivity index (χ0n) is 13.0. The Labute approximate surface area is 175 Å². The Morgan fingerprint density at radius 3 is 1.91 bits per heavy atom. The third kappa shape index (κ3) is 20.8. The Morgan fingerprint density at radius 1 is 1.09 bits per heavy atom. The summed E-state index contributed by atoms with van der Waals surface area (Å²) in [7, 11) is 0. The molecule has 3 aliphatic rings. The average Bonchev–Trinajstić information content (AvgIpc) is 2.95. The van der Waals surface area contributed by atoms with Gasteiger partial charge in [-0.1, -0.05) is 24.7 Å². The number of rotatable bonds is 0. The van der Waals surface area contributed by atoms with Crippen molar-refractivity contribution >= 4 is 47.5 Å². The van der Waals surface area contributed by atoms with Crippen molar-refractivity contribution in [2.75, 3.05) is 0 Å². The van der Waals surface area contributed by atoms with E-state index in [1.165, 1.54) is 38.2 Å². The summed E-state index contributed by atoms with van der Waals surface area (Å²) in [5.74, 6) is 1.81. The number of hydrogen-bond donors (Lipinski definition) is 0. The minimum atomic E-state index is -0.227. The summed E-state index contributed by atoms with van der Waals surface area (Å²) in [4.78, 5) is 0. The van der Waals surface area contributed by atoms with Crippen molar-refractivity contribution < 1.29 is 30.6 Å². The van der Waals surface area contributed by atoms with E-state index in [4.69, 9.17) is 0 Å². The molecule has 1 fully saturated rings. The van der Waals surface area contributed by atoms with Crippen LogP contribution in [0.25, 0.3) is 0 Å². The van der Waals surface area contributed by atoms with Crippen molar-refractivity contribution in [2.45, 2.75) is 38.5 Å². The van der Waals surface area contributed by atoms with Crippen molar-refractivity contribution in [3.8, 4) is 0 Å². The summed E-state index contributed by atoms with van der Waals surface area (Å²) in [6.07, 6.45) is 21.8. The maximum absolute atomic E-state index is 11.6. The smallest absolute Gasteiger partial charge is 0.328 e. The van der Waals surface area contributed by atoms with Gasteiger partial charge in [0.15, 0.2) is 0 Å². The van der Waals surface area contributed by atoms with Crippen LogP contribution in [0.2, 0.25) is 0 Å². The Morgan fingerprint density at radius 2 is 1.77 bits per heavy atom. The zero-order valence-corrected chi connectivity index (χ0v) is 19.9. The quantitative estimate of drug-likeness (QED) is 0.347. The van der Waals surface area contributed by atoms with Crippen molar-refractivity contribution in [3.63, 3.8) is 0 Å². The van der Waals surface area contributed by atoms with Gasteiger partial charge in [0.25, 0.3) is 0 Å². The molecule has 0 spiro atoms. The fourth-order valence-electron chi connectivity index (χ4n) is 1.57. The molecule has 0 aromatic heterocycles. The predicted octanol–water partition coefficient (Wildman–Crippen LogP) is 5.38. The van der Waals surface area contributed by atoms with Crippen LogP contribution in [0.3, 0.4) is 0 Å². The molecule has 2 radical (unpaired) electrons. The zero-order chi connectivity index (χ0) is 12.9. The molecule has 1 aliphatic heterocycles. The van der Waals surface area contributed by atoms with Crippen LogP contribution in [0.5, 0.6) is 0 Å². The van der Waals surface area contributed by atoms with E-state index in [1.807, 2.05) is 29.4 Å². The third-order valence-electron chi connectivity index (χ3n) is 2.51. The first kappa shape index (κ1) is 30.6. The molecule has 1 heterocycles. The summed E-state index contributed by atoms with van der Waals surface area (Å²) >= 11 is 1.70. The molecular formula is C16H25Cl2FSSiZr. The van der Waals surface area contributed by atoms with Crippen LogP contribution >= 0.6 is 36.6 Å². The Hall–Kier alpha value is 0.790. The van der Waals surface area contributed by atoms with Crippen LogP contribution in [0.4, 0.5) is 4.39 Å². The molecule has 22 heavy (non-hydrogen) atoms. The van der Waals surface area contributed by atoms with Gasteiger partial charge < -0.3 is 6.42 Å². The molecule has 3 rings (SSSR count). The molecule has 2 aliphatic carbocycles. The van der Waals surface area contributed by atoms with E-state index >= 15 is 0 Å². The Kier molecular flexibility index (Phi) is 33.5. The van der Waals surface area contributed by atoms with Gasteiger partial charge >= 0.3 is 26.2 Å². The van der Waals surface area contributed by atoms with Gasteiger partial charge in [-0.05, 0) is 16.8 Å². The van der Waals surface area contributed by atoms with Gasteiger partial charge in [0.1, 0.15) is 0 Å². The number of thioether (sulfide) groups is 1. The molecule has 0 saturated heterocycles. The summed E-state index contributed by atoms with van der Waals surface area (Å²) in [5, 5.41) is 2.04. The van der Waals surface area contributed by atoms with E-state index < -0.39 is 0 Å². The standard InChI is InChI=1S/C6H11.C5H4F.C5H5S.2ClH.H3Si.Zr/c1-2-4-6-5-3-1;6-5-3-1-2-4-5;1-2-4-6-5-3-1;;;;/h1H,2-6H2;1,3H,2H2;1-5H;2*1H;1H3;/q3*-1;;;;+3. The van der Waals surface area contributed by atoms with Gasteiger partial charge in [-0.2, -0.15) is 30.7 Å². The van der Waals surface area contributed by atoms with Gasteiger partial charge in [0.05, 0.1) is 0 Å². The molecule has 0 unspecified atom stereocenters. The number of allylic oxidation sites excluding steroid dienone is 6. The number of halogens is 3. The second kappa shape index (κ2) is 24.0. The van der Waals surface area contributed by atoms with Crippen LogP contribution in [-0.2, 0) is 26.2 Å². The molecule has 124 valence electrons. The third-order valence-corrected chi connectivity index (χ3v) is 3.13. The second-order valence-corrected chi connectivity index (χ2v) is 4.86. The second-order valence-electron chi connectivity index (χ2n) is 4.04. The van der Waals surface area contributed by atoms with E-state index in [9.17, 15) is 4.39 Å². The van der Waals surface area contributed by atoms with E-state index in [-0.39, 0.29) is 67.8 Å². The summed E-state index contributed by atoms with van der Waals surface area (Å²) in [6.45, 7) is 0.